The Kier molecular flexibility index (Phi) is 10.2. The quantitative estimate of drug-likeness (QED) is 0.595. The number of benzene rings is 1. The number of oxazole rings is 1. The third-order valence-corrected chi connectivity index (χ3v) is 3.96. The van der Waals surface area contributed by atoms with Gasteiger partial charge in [-0.2, -0.15) is 31.6 Å². The van der Waals surface area contributed by atoms with Crippen LogP contribution in [0.3, 0.4) is 0 Å². The zero-order valence-corrected chi connectivity index (χ0v) is 18.3. The van der Waals surface area contributed by atoms with Gasteiger partial charge in [0.2, 0.25) is 5.89 Å². The molecule has 3 rings (SSSR count). The van der Waals surface area contributed by atoms with Crippen LogP contribution in [0.1, 0.15) is 28.5 Å². The lowest BCUT2D eigenvalue weighted by molar-refractivity contribution is -0.193. The van der Waals surface area contributed by atoms with E-state index in [0.29, 0.717) is 5.56 Å². The average molecular weight is 510 g/mol. The van der Waals surface area contributed by atoms with Gasteiger partial charge < -0.3 is 19.5 Å². The third kappa shape index (κ3) is 10.4. The van der Waals surface area contributed by atoms with Gasteiger partial charge in [0.1, 0.15) is 5.76 Å². The number of carbonyl (C=O) groups is 2. The van der Waals surface area contributed by atoms with Crippen molar-refractivity contribution in [3.8, 4) is 6.07 Å². The van der Waals surface area contributed by atoms with Gasteiger partial charge in [0, 0.05) is 13.1 Å². The Morgan fingerprint density at radius 1 is 1.11 bits per heavy atom. The molecular weight excluding hydrogens is 490 g/mol. The van der Waals surface area contributed by atoms with Crippen LogP contribution < -0.4 is 0 Å². The number of hydrogen-bond acceptors (Lipinski definition) is 7. The van der Waals surface area contributed by atoms with Crippen molar-refractivity contribution in [3.05, 3.63) is 52.7 Å². The van der Waals surface area contributed by atoms with Gasteiger partial charge in [0.15, 0.2) is 0 Å². The number of hydrogen-bond donors (Lipinski definition) is 2. The summed E-state index contributed by atoms with van der Waals surface area (Å²) in [7, 11) is 4.01. The minimum atomic E-state index is -5.08. The first kappa shape index (κ1) is 29.4. The molecule has 15 heteroatoms. The fraction of sp³-hybridized carbons (Fsp3) is 0.400. The summed E-state index contributed by atoms with van der Waals surface area (Å²) in [5.41, 5.74) is 2.89. The summed E-state index contributed by atoms with van der Waals surface area (Å²) in [6.45, 7) is 3.14. The molecule has 192 valence electrons. The minimum Gasteiger partial charge on any atom is -0.475 e. The second kappa shape index (κ2) is 12.2. The molecular formula is C20H20F6N4O5. The molecule has 0 radical (unpaired) electrons. The first-order valence-electron chi connectivity index (χ1n) is 9.46. The number of rotatable bonds is 4. The number of aliphatic carboxylic acids is 2. The highest BCUT2D eigenvalue weighted by atomic mass is 19.4. The van der Waals surface area contributed by atoms with Crippen molar-refractivity contribution in [3.63, 3.8) is 0 Å². The molecule has 1 aliphatic heterocycles. The Morgan fingerprint density at radius 2 is 1.66 bits per heavy atom. The summed E-state index contributed by atoms with van der Waals surface area (Å²) in [5, 5.41) is 23.2. The molecule has 0 bridgehead atoms. The number of carboxylic acid groups (broad SMARTS) is 2. The highest BCUT2D eigenvalue weighted by Crippen LogP contribution is 2.25. The fourth-order valence-corrected chi connectivity index (χ4v) is 2.60. The third-order valence-electron chi connectivity index (χ3n) is 3.96. The van der Waals surface area contributed by atoms with Gasteiger partial charge in [0.05, 0.1) is 30.4 Å². The zero-order valence-electron chi connectivity index (χ0n) is 18.3. The van der Waals surface area contributed by atoms with E-state index in [4.69, 9.17) is 29.5 Å². The van der Waals surface area contributed by atoms with Crippen molar-refractivity contribution in [2.75, 3.05) is 14.1 Å². The van der Waals surface area contributed by atoms with Crippen LogP contribution in [0.5, 0.6) is 0 Å². The van der Waals surface area contributed by atoms with Gasteiger partial charge in [-0.25, -0.2) is 14.6 Å². The van der Waals surface area contributed by atoms with Crippen molar-refractivity contribution in [2.45, 2.75) is 38.5 Å². The van der Waals surface area contributed by atoms with Gasteiger partial charge in [0.25, 0.3) is 0 Å². The number of carboxylic acids is 2. The molecule has 0 aliphatic carbocycles. The summed E-state index contributed by atoms with van der Waals surface area (Å²) >= 11 is 0. The van der Waals surface area contributed by atoms with Crippen LogP contribution in [0.4, 0.5) is 26.3 Å². The maximum atomic E-state index is 10.6. The molecule has 0 unspecified atom stereocenters. The molecule has 0 saturated heterocycles. The van der Waals surface area contributed by atoms with Crippen molar-refractivity contribution in [2.24, 2.45) is 0 Å². The van der Waals surface area contributed by atoms with Crippen LogP contribution >= 0.6 is 0 Å². The lowest BCUT2D eigenvalue weighted by atomic mass is 10.1. The molecule has 2 heterocycles. The molecule has 0 atom stereocenters. The normalized spacial score (nSPS) is 13.1. The van der Waals surface area contributed by atoms with Crippen LogP contribution in [0.25, 0.3) is 0 Å². The van der Waals surface area contributed by atoms with Crippen molar-refractivity contribution in [1.82, 2.24) is 14.8 Å². The molecule has 0 amide bonds. The van der Waals surface area contributed by atoms with Crippen LogP contribution in [0.2, 0.25) is 0 Å². The Hall–Kier alpha value is -3.64. The SMILES string of the molecule is CN(C)Cc1nc2c(o1)CN(Cc1cccc(C#N)c1)C2.O=C(O)C(F)(F)F.O=C(O)C(F)(F)F. The first-order chi connectivity index (χ1) is 16.0. The van der Waals surface area contributed by atoms with Gasteiger partial charge >= 0.3 is 24.3 Å². The van der Waals surface area contributed by atoms with E-state index in [1.54, 1.807) is 0 Å². The lowest BCUT2D eigenvalue weighted by Crippen LogP contribution is -2.21. The highest BCUT2D eigenvalue weighted by Gasteiger charge is 2.38. The number of nitrogens with zero attached hydrogens (tertiary/aromatic N) is 4. The number of halogens is 6. The highest BCUT2D eigenvalue weighted by molar-refractivity contribution is 5.73. The summed E-state index contributed by atoms with van der Waals surface area (Å²) in [5.74, 6) is -3.75. The predicted molar refractivity (Wildman–Crippen MR) is 105 cm³/mol. The second-order valence-corrected chi connectivity index (χ2v) is 7.28. The maximum Gasteiger partial charge on any atom is 0.490 e. The van der Waals surface area contributed by atoms with E-state index in [-0.39, 0.29) is 0 Å². The Balaban J connectivity index is 0.000000362. The summed E-state index contributed by atoms with van der Waals surface area (Å²) in [4.78, 5) is 26.7. The second-order valence-electron chi connectivity index (χ2n) is 7.28. The predicted octanol–water partition coefficient (Wildman–Crippen LogP) is 3.39. The van der Waals surface area contributed by atoms with E-state index in [9.17, 15) is 26.3 Å². The van der Waals surface area contributed by atoms with E-state index < -0.39 is 24.3 Å². The van der Waals surface area contributed by atoms with Gasteiger partial charge in [-0.15, -0.1) is 0 Å². The Bertz CT molecular complexity index is 1010. The molecule has 35 heavy (non-hydrogen) atoms. The Morgan fingerprint density at radius 3 is 2.09 bits per heavy atom. The molecule has 1 aliphatic rings. The number of fused-ring (bicyclic) bond motifs is 1. The molecule has 1 aromatic heterocycles. The van der Waals surface area contributed by atoms with Crippen LogP contribution in [0.15, 0.2) is 28.7 Å². The largest absolute Gasteiger partial charge is 0.490 e. The summed E-state index contributed by atoms with van der Waals surface area (Å²) < 4.78 is 69.3. The zero-order chi connectivity index (χ0) is 27.0. The van der Waals surface area contributed by atoms with Crippen LogP contribution in [0, 0.1) is 11.3 Å². The average Bonchev–Trinajstić information content (AvgIpc) is 3.24. The van der Waals surface area contributed by atoms with Crippen LogP contribution in [-0.2, 0) is 35.8 Å². The topological polar surface area (TPSA) is 131 Å². The minimum absolute atomic E-state index is 0.703. The van der Waals surface area contributed by atoms with Crippen molar-refractivity contribution < 1.29 is 50.6 Å². The molecule has 2 N–H and O–H groups in total. The monoisotopic (exact) mass is 510 g/mol. The van der Waals surface area contributed by atoms with Crippen molar-refractivity contribution >= 4 is 11.9 Å². The van der Waals surface area contributed by atoms with E-state index >= 15 is 0 Å². The van der Waals surface area contributed by atoms with Gasteiger partial charge in [-0.3, -0.25) is 4.90 Å². The molecule has 9 nitrogen and oxygen atoms in total. The van der Waals surface area contributed by atoms with Gasteiger partial charge in [-0.1, -0.05) is 12.1 Å². The number of alkyl halides is 6. The van der Waals surface area contributed by atoms with Crippen LogP contribution in [-0.4, -0.2) is 63.4 Å². The summed E-state index contributed by atoms with van der Waals surface area (Å²) in [6.07, 6.45) is -10.2. The summed E-state index contributed by atoms with van der Waals surface area (Å²) in [6, 6.07) is 9.91. The van der Waals surface area contributed by atoms with Crippen molar-refractivity contribution in [1.29, 1.82) is 5.26 Å². The molecule has 0 spiro atoms. The smallest absolute Gasteiger partial charge is 0.475 e. The fourth-order valence-electron chi connectivity index (χ4n) is 2.60. The molecule has 1 aromatic carbocycles. The number of aromatic nitrogens is 1. The lowest BCUT2D eigenvalue weighted by Gasteiger charge is -2.14. The van der Waals surface area contributed by atoms with E-state index in [1.165, 1.54) is 0 Å². The molecule has 0 saturated carbocycles. The van der Waals surface area contributed by atoms with E-state index in [0.717, 1.165) is 49.1 Å². The van der Waals surface area contributed by atoms with Gasteiger partial charge in [-0.05, 0) is 31.8 Å². The Labute approximate surface area is 194 Å². The number of nitriles is 1. The van der Waals surface area contributed by atoms with E-state index in [2.05, 4.69) is 16.0 Å². The standard InChI is InChI=1S/C16H18N4O.2C2HF3O2/c1-19(2)11-16-18-14-9-20(10-15(14)21-16)8-13-5-3-4-12(6-13)7-17;2*3-2(4,5)1(6)7/h3-6H,8-11H2,1-2H3;2*(H,6,7). The first-order valence-corrected chi connectivity index (χ1v) is 9.46. The molecule has 2 aromatic rings. The molecule has 0 fully saturated rings. The van der Waals surface area contributed by atoms with E-state index in [1.807, 2.05) is 43.3 Å². The maximum absolute atomic E-state index is 10.6.